The predicted molar refractivity (Wildman–Crippen MR) is 123 cm³/mol. The first-order valence-corrected chi connectivity index (χ1v) is 11.8. The fraction of sp³-hybridized carbons (Fsp3) is 0.481. The first kappa shape index (κ1) is 20.3. The summed E-state index contributed by atoms with van der Waals surface area (Å²) in [4.78, 5) is 18.9. The average molecular weight is 417 g/mol. The Morgan fingerprint density at radius 2 is 1.94 bits per heavy atom. The van der Waals surface area contributed by atoms with E-state index in [0.29, 0.717) is 24.3 Å². The van der Waals surface area contributed by atoms with Crippen molar-refractivity contribution >= 4 is 11.5 Å². The van der Waals surface area contributed by atoms with Crippen molar-refractivity contribution in [2.24, 2.45) is 5.92 Å². The van der Waals surface area contributed by atoms with Crippen LogP contribution in [0.4, 0.5) is 0 Å². The van der Waals surface area contributed by atoms with Crippen LogP contribution in [0, 0.1) is 12.8 Å². The van der Waals surface area contributed by atoms with Crippen molar-refractivity contribution in [2.45, 2.75) is 57.8 Å². The number of pyridine rings is 1. The van der Waals surface area contributed by atoms with E-state index in [0.717, 1.165) is 63.1 Å². The molecule has 162 valence electrons. The molecule has 5 rings (SSSR count). The molecule has 0 spiro atoms. The highest BCUT2D eigenvalue weighted by molar-refractivity contribution is 5.81. The number of aryl methyl sites for hydroxylation is 1. The third-order valence-electron chi connectivity index (χ3n) is 7.11. The van der Waals surface area contributed by atoms with Gasteiger partial charge in [-0.3, -0.25) is 9.78 Å². The maximum atomic E-state index is 12.3. The van der Waals surface area contributed by atoms with Gasteiger partial charge in [0.05, 0.1) is 5.69 Å². The van der Waals surface area contributed by atoms with Gasteiger partial charge in [-0.2, -0.15) is 0 Å². The van der Waals surface area contributed by atoms with Gasteiger partial charge in [0.2, 0.25) is 5.91 Å². The minimum absolute atomic E-state index is 0.336. The van der Waals surface area contributed by atoms with Gasteiger partial charge in [0.15, 0.2) is 0 Å². The lowest BCUT2D eigenvalue weighted by Crippen LogP contribution is -2.38. The molecule has 3 aliphatic rings. The number of piperidine rings is 1. The Morgan fingerprint density at radius 3 is 2.65 bits per heavy atom. The molecular weight excluding hydrogens is 384 g/mol. The Balaban J connectivity index is 1.21. The number of aromatic nitrogens is 1. The van der Waals surface area contributed by atoms with E-state index in [2.05, 4.69) is 47.1 Å². The number of carbonyl (C=O) groups excluding carboxylic acids is 1. The molecule has 2 aromatic rings. The molecule has 2 aliphatic carbocycles. The first-order chi connectivity index (χ1) is 15.2. The highest BCUT2D eigenvalue weighted by Crippen LogP contribution is 2.36. The standard InChI is InChI=1S/C27H32N2O2/c1-19-17-22(20-12-15-29(16-13-20)27(30)21-8-9-21)10-11-26(19)31-18-23-5-4-6-24(23)25-7-2-3-14-28-25/h2-3,7,10-11,14,17,20-21H,4-6,8-9,12-13,15-16,18H2,1H3. The quantitative estimate of drug-likeness (QED) is 0.622. The van der Waals surface area contributed by atoms with E-state index in [1.165, 1.54) is 28.7 Å². The van der Waals surface area contributed by atoms with Crippen LogP contribution < -0.4 is 4.74 Å². The second-order valence-corrected chi connectivity index (χ2v) is 9.34. The minimum atomic E-state index is 0.336. The summed E-state index contributed by atoms with van der Waals surface area (Å²) in [6, 6.07) is 12.8. The van der Waals surface area contributed by atoms with Crippen LogP contribution in [-0.2, 0) is 4.79 Å². The molecule has 1 aliphatic heterocycles. The highest BCUT2D eigenvalue weighted by Gasteiger charge is 2.35. The molecule has 2 fully saturated rings. The molecule has 1 saturated heterocycles. The van der Waals surface area contributed by atoms with Crippen molar-refractivity contribution < 1.29 is 9.53 Å². The molecule has 4 heteroatoms. The van der Waals surface area contributed by atoms with Crippen molar-refractivity contribution in [3.05, 3.63) is 65.0 Å². The van der Waals surface area contributed by atoms with Crippen LogP contribution in [-0.4, -0.2) is 35.5 Å². The molecule has 2 heterocycles. The van der Waals surface area contributed by atoms with Gasteiger partial charge in [0, 0.05) is 25.2 Å². The largest absolute Gasteiger partial charge is 0.489 e. The van der Waals surface area contributed by atoms with Crippen molar-refractivity contribution in [3.63, 3.8) is 0 Å². The number of hydrogen-bond donors (Lipinski definition) is 0. The fourth-order valence-corrected chi connectivity index (χ4v) is 5.09. The van der Waals surface area contributed by atoms with Gasteiger partial charge >= 0.3 is 0 Å². The lowest BCUT2D eigenvalue weighted by atomic mass is 9.88. The van der Waals surface area contributed by atoms with Crippen molar-refractivity contribution in [1.82, 2.24) is 9.88 Å². The van der Waals surface area contributed by atoms with E-state index in [1.807, 2.05) is 12.3 Å². The number of carbonyl (C=O) groups is 1. The van der Waals surface area contributed by atoms with Gasteiger partial charge in [-0.25, -0.2) is 0 Å². The molecule has 1 aromatic carbocycles. The van der Waals surface area contributed by atoms with Crippen LogP contribution in [0.1, 0.15) is 67.7 Å². The van der Waals surface area contributed by atoms with E-state index >= 15 is 0 Å². The molecule has 0 bridgehead atoms. The normalized spacial score (nSPS) is 19.7. The minimum Gasteiger partial charge on any atom is -0.489 e. The summed E-state index contributed by atoms with van der Waals surface area (Å²) in [5.41, 5.74) is 6.43. The summed E-state index contributed by atoms with van der Waals surface area (Å²) in [5, 5.41) is 0. The number of amides is 1. The van der Waals surface area contributed by atoms with Crippen molar-refractivity contribution in [2.75, 3.05) is 19.7 Å². The molecule has 31 heavy (non-hydrogen) atoms. The Morgan fingerprint density at radius 1 is 1.10 bits per heavy atom. The van der Waals surface area contributed by atoms with Crippen LogP contribution in [0.25, 0.3) is 5.57 Å². The number of hydrogen-bond acceptors (Lipinski definition) is 3. The average Bonchev–Trinajstić information content (AvgIpc) is 3.56. The molecule has 1 amide bonds. The van der Waals surface area contributed by atoms with Gasteiger partial charge in [-0.05, 0) is 98.3 Å². The fourth-order valence-electron chi connectivity index (χ4n) is 5.09. The van der Waals surface area contributed by atoms with Gasteiger partial charge < -0.3 is 9.64 Å². The summed E-state index contributed by atoms with van der Waals surface area (Å²) in [6.07, 6.45) is 9.58. The van der Waals surface area contributed by atoms with Gasteiger partial charge in [-0.1, -0.05) is 18.2 Å². The second-order valence-electron chi connectivity index (χ2n) is 9.34. The van der Waals surface area contributed by atoms with Gasteiger partial charge in [0.25, 0.3) is 0 Å². The first-order valence-electron chi connectivity index (χ1n) is 11.8. The SMILES string of the molecule is Cc1cc(C2CCN(C(=O)C3CC3)CC2)ccc1OCC1=C(c2ccccn2)CCC1. The summed E-state index contributed by atoms with van der Waals surface area (Å²) in [7, 11) is 0. The highest BCUT2D eigenvalue weighted by atomic mass is 16.5. The van der Waals surface area contributed by atoms with Crippen molar-refractivity contribution in [1.29, 1.82) is 0 Å². The predicted octanol–water partition coefficient (Wildman–Crippen LogP) is 5.52. The molecule has 0 unspecified atom stereocenters. The Bertz CT molecular complexity index is 970. The van der Waals surface area contributed by atoms with E-state index in [4.69, 9.17) is 4.74 Å². The lowest BCUT2D eigenvalue weighted by molar-refractivity contribution is -0.133. The monoisotopic (exact) mass is 416 g/mol. The maximum Gasteiger partial charge on any atom is 0.225 e. The van der Waals surface area contributed by atoms with Crippen LogP contribution in [0.5, 0.6) is 5.75 Å². The summed E-state index contributed by atoms with van der Waals surface area (Å²) < 4.78 is 6.26. The van der Waals surface area contributed by atoms with Crippen LogP contribution in [0.15, 0.2) is 48.2 Å². The zero-order valence-electron chi connectivity index (χ0n) is 18.5. The Kier molecular flexibility index (Phi) is 5.80. The molecule has 0 N–H and O–H groups in total. The topological polar surface area (TPSA) is 42.4 Å². The second kappa shape index (κ2) is 8.86. The van der Waals surface area contributed by atoms with Crippen LogP contribution in [0.3, 0.4) is 0 Å². The number of likely N-dealkylation sites (tertiary alicyclic amines) is 1. The summed E-state index contributed by atoms with van der Waals surface area (Å²) in [6.45, 7) is 4.60. The molecule has 4 nitrogen and oxygen atoms in total. The number of rotatable bonds is 6. The summed E-state index contributed by atoms with van der Waals surface area (Å²) in [5.74, 6) is 2.25. The number of nitrogens with zero attached hydrogens (tertiary/aromatic N) is 2. The Labute approximate surface area is 185 Å². The third-order valence-corrected chi connectivity index (χ3v) is 7.11. The molecule has 1 aromatic heterocycles. The third kappa shape index (κ3) is 4.53. The smallest absolute Gasteiger partial charge is 0.225 e. The van der Waals surface area contributed by atoms with Crippen molar-refractivity contribution in [3.8, 4) is 5.75 Å². The van der Waals surface area contributed by atoms with Crippen LogP contribution >= 0.6 is 0 Å². The Hall–Kier alpha value is -2.62. The van der Waals surface area contributed by atoms with E-state index in [1.54, 1.807) is 0 Å². The van der Waals surface area contributed by atoms with E-state index in [9.17, 15) is 4.79 Å². The lowest BCUT2D eigenvalue weighted by Gasteiger charge is -2.32. The number of benzene rings is 1. The van der Waals surface area contributed by atoms with E-state index in [-0.39, 0.29) is 0 Å². The summed E-state index contributed by atoms with van der Waals surface area (Å²) >= 11 is 0. The molecular formula is C27H32N2O2. The van der Waals surface area contributed by atoms with Gasteiger partial charge in [0.1, 0.15) is 12.4 Å². The zero-order valence-corrected chi connectivity index (χ0v) is 18.5. The number of allylic oxidation sites excluding steroid dienone is 1. The number of ether oxygens (including phenoxy) is 1. The van der Waals surface area contributed by atoms with Gasteiger partial charge in [-0.15, -0.1) is 0 Å². The van der Waals surface area contributed by atoms with E-state index < -0.39 is 0 Å². The van der Waals surface area contributed by atoms with Crippen LogP contribution in [0.2, 0.25) is 0 Å². The maximum absolute atomic E-state index is 12.3. The molecule has 0 atom stereocenters. The molecule has 1 saturated carbocycles. The molecule has 0 radical (unpaired) electrons. The zero-order chi connectivity index (χ0) is 21.2.